The zero-order valence-corrected chi connectivity index (χ0v) is 15.2. The van der Waals surface area contributed by atoms with E-state index in [-0.39, 0.29) is 29.4 Å². The van der Waals surface area contributed by atoms with Gasteiger partial charge in [-0.05, 0) is 0 Å². The van der Waals surface area contributed by atoms with Crippen LogP contribution in [0, 0.1) is 11.8 Å². The summed E-state index contributed by atoms with van der Waals surface area (Å²) in [7, 11) is 0. The fourth-order valence-corrected chi connectivity index (χ4v) is 4.05. The molecule has 0 rings (SSSR count). The van der Waals surface area contributed by atoms with Gasteiger partial charge in [-0.1, -0.05) is 0 Å². The summed E-state index contributed by atoms with van der Waals surface area (Å²) in [6.45, 7) is 10.9. The second kappa shape index (κ2) is 9.70. The molecular formula is C15H24IN2O3-. The van der Waals surface area contributed by atoms with Crippen molar-refractivity contribution in [1.29, 1.82) is 0 Å². The van der Waals surface area contributed by atoms with Gasteiger partial charge in [-0.2, -0.15) is 0 Å². The minimum atomic E-state index is -0.398. The number of carbonyl (C=O) groups excluding carboxylic acids is 3. The van der Waals surface area contributed by atoms with Crippen LogP contribution in [0.4, 0.5) is 0 Å². The molecule has 0 saturated heterocycles. The Labute approximate surface area is 136 Å². The Balaban J connectivity index is 4.34. The van der Waals surface area contributed by atoms with E-state index in [0.29, 0.717) is 12.1 Å². The number of hydrogen-bond donors (Lipinski definition) is 2. The number of allylic oxidation sites excluding steroid dienone is 3. The average Bonchev–Trinajstić information content (AvgIpc) is 2.39. The van der Waals surface area contributed by atoms with Crippen LogP contribution in [0.1, 0.15) is 34.1 Å². The van der Waals surface area contributed by atoms with Crippen molar-refractivity contribution in [3.05, 3.63) is 21.9 Å². The van der Waals surface area contributed by atoms with Gasteiger partial charge >= 0.3 is 137 Å². The van der Waals surface area contributed by atoms with Crippen LogP contribution in [0.15, 0.2) is 21.9 Å². The first-order valence-electron chi connectivity index (χ1n) is 6.73. The number of halogens is 1. The van der Waals surface area contributed by atoms with Crippen LogP contribution in [0.5, 0.6) is 0 Å². The first-order valence-corrected chi connectivity index (χ1v) is 9.33. The number of ketones is 1. The van der Waals surface area contributed by atoms with E-state index in [1.807, 2.05) is 13.8 Å². The fourth-order valence-electron chi connectivity index (χ4n) is 1.45. The summed E-state index contributed by atoms with van der Waals surface area (Å²) < 4.78 is 1.74. The van der Waals surface area contributed by atoms with Crippen LogP contribution in [-0.4, -0.2) is 22.0 Å². The molecule has 0 bridgehead atoms. The maximum absolute atomic E-state index is 12.0. The molecule has 120 valence electrons. The Morgan fingerprint density at radius 3 is 2.29 bits per heavy atom. The normalized spacial score (nSPS) is 14.4. The van der Waals surface area contributed by atoms with Crippen LogP contribution < -0.4 is 32.3 Å². The molecule has 3 N–H and O–H groups in total. The maximum atomic E-state index is 12.0. The number of carbonyl (C=O) groups is 3. The van der Waals surface area contributed by atoms with Gasteiger partial charge in [-0.15, -0.1) is 0 Å². The number of rotatable bonds is 9. The first-order chi connectivity index (χ1) is 9.68. The zero-order chi connectivity index (χ0) is 16.6. The molecule has 0 aliphatic heterocycles. The fraction of sp³-hybridized carbons (Fsp3) is 0.533. The van der Waals surface area contributed by atoms with Crippen molar-refractivity contribution < 1.29 is 35.6 Å². The standard InChI is InChI=1S/C15H24IN2O3/c1-6-13(12(5)19)18-15(21)10(3)8-16-11(4)9(2)7-14(17)20/h6,9-10H,4,7-8H2,1-3,5H3,(H2,17,20)(H,18,21)/q-1/b13-6-. The van der Waals surface area contributed by atoms with Gasteiger partial charge in [0.1, 0.15) is 0 Å². The molecule has 5 nitrogen and oxygen atoms in total. The van der Waals surface area contributed by atoms with Gasteiger partial charge in [0.2, 0.25) is 0 Å². The summed E-state index contributed by atoms with van der Waals surface area (Å²) in [5.74, 6) is -0.781. The second-order valence-electron chi connectivity index (χ2n) is 4.96. The number of primary amides is 1. The van der Waals surface area contributed by atoms with Crippen molar-refractivity contribution in [2.45, 2.75) is 34.1 Å². The Bertz CT molecular complexity index is 458. The SMILES string of the molecule is C=C([I-]CC(C)C(=O)N/C(=C\C)C(C)=O)C(C)CC(N)=O. The molecule has 0 aromatic rings. The van der Waals surface area contributed by atoms with E-state index in [4.69, 9.17) is 5.73 Å². The summed E-state index contributed by atoms with van der Waals surface area (Å²) in [6, 6.07) is 0. The molecular weight excluding hydrogens is 383 g/mol. The third-order valence-electron chi connectivity index (χ3n) is 2.90. The molecule has 0 spiro atoms. The van der Waals surface area contributed by atoms with Crippen molar-refractivity contribution >= 4 is 17.6 Å². The molecule has 0 saturated carbocycles. The van der Waals surface area contributed by atoms with E-state index in [1.54, 1.807) is 13.0 Å². The average molecular weight is 407 g/mol. The molecule has 21 heavy (non-hydrogen) atoms. The Hall–Kier alpha value is -1.18. The number of Topliss-reactive ketones (excluding diaryl/α,β-unsaturated/α-hetero) is 1. The number of nitrogens with one attached hydrogen (secondary N) is 1. The van der Waals surface area contributed by atoms with Crippen LogP contribution in [0.25, 0.3) is 0 Å². The summed E-state index contributed by atoms with van der Waals surface area (Å²) in [6.07, 6.45) is 1.89. The van der Waals surface area contributed by atoms with Gasteiger partial charge in [-0.25, -0.2) is 0 Å². The van der Waals surface area contributed by atoms with Crippen LogP contribution in [0.2, 0.25) is 0 Å². The molecule has 0 aromatic heterocycles. The quantitative estimate of drug-likeness (QED) is 0.273. The molecule has 2 atom stereocenters. The van der Waals surface area contributed by atoms with E-state index in [2.05, 4.69) is 11.9 Å². The summed E-state index contributed by atoms with van der Waals surface area (Å²) in [5, 5.41) is 2.64. The summed E-state index contributed by atoms with van der Waals surface area (Å²) in [4.78, 5) is 34.1. The molecule has 0 aliphatic rings. The Morgan fingerprint density at radius 1 is 1.29 bits per heavy atom. The van der Waals surface area contributed by atoms with Crippen molar-refractivity contribution in [2.75, 3.05) is 4.43 Å². The van der Waals surface area contributed by atoms with E-state index in [1.165, 1.54) is 6.92 Å². The molecule has 0 aromatic carbocycles. The van der Waals surface area contributed by atoms with Gasteiger partial charge in [-0.3, -0.25) is 0 Å². The van der Waals surface area contributed by atoms with Gasteiger partial charge in [0.15, 0.2) is 0 Å². The number of hydrogen-bond acceptors (Lipinski definition) is 3. The zero-order valence-electron chi connectivity index (χ0n) is 13.0. The first kappa shape index (κ1) is 19.8. The Kier molecular flexibility index (Phi) is 9.16. The third-order valence-corrected chi connectivity index (χ3v) is 6.70. The molecule has 0 aliphatic carbocycles. The molecule has 2 unspecified atom stereocenters. The van der Waals surface area contributed by atoms with Gasteiger partial charge in [0.05, 0.1) is 0 Å². The predicted molar refractivity (Wildman–Crippen MR) is 78.7 cm³/mol. The van der Waals surface area contributed by atoms with E-state index in [0.717, 1.165) is 8.01 Å². The van der Waals surface area contributed by atoms with Crippen LogP contribution >= 0.6 is 0 Å². The van der Waals surface area contributed by atoms with Crippen molar-refractivity contribution in [3.63, 3.8) is 0 Å². The summed E-state index contributed by atoms with van der Waals surface area (Å²) in [5.41, 5.74) is 5.49. The molecule has 6 heteroatoms. The number of alkyl halides is 1. The summed E-state index contributed by atoms with van der Waals surface area (Å²) >= 11 is -0.398. The van der Waals surface area contributed by atoms with Crippen molar-refractivity contribution in [3.8, 4) is 0 Å². The van der Waals surface area contributed by atoms with E-state index < -0.39 is 21.2 Å². The van der Waals surface area contributed by atoms with Crippen molar-refractivity contribution in [2.24, 2.45) is 17.6 Å². The van der Waals surface area contributed by atoms with E-state index >= 15 is 0 Å². The third kappa shape index (κ3) is 7.99. The van der Waals surface area contributed by atoms with Gasteiger partial charge < -0.3 is 0 Å². The van der Waals surface area contributed by atoms with Crippen molar-refractivity contribution in [1.82, 2.24) is 5.32 Å². The minimum absolute atomic E-state index is 0.0638. The number of amides is 2. The van der Waals surface area contributed by atoms with E-state index in [9.17, 15) is 14.4 Å². The molecule has 0 radical (unpaired) electrons. The molecule has 2 amide bonds. The Morgan fingerprint density at radius 2 is 1.86 bits per heavy atom. The van der Waals surface area contributed by atoms with Gasteiger partial charge in [0.25, 0.3) is 0 Å². The van der Waals surface area contributed by atoms with Gasteiger partial charge in [0, 0.05) is 0 Å². The monoisotopic (exact) mass is 407 g/mol. The molecule has 0 heterocycles. The van der Waals surface area contributed by atoms with Crippen LogP contribution in [0.3, 0.4) is 0 Å². The topological polar surface area (TPSA) is 89.3 Å². The predicted octanol–water partition coefficient (Wildman–Crippen LogP) is -1.65. The number of nitrogens with two attached hydrogens (primary N) is 1. The second-order valence-corrected chi connectivity index (χ2v) is 7.98. The van der Waals surface area contributed by atoms with Crippen LogP contribution in [-0.2, 0) is 14.4 Å². The molecule has 0 fully saturated rings.